The largest absolute Gasteiger partial charge is 1.00 e. The quantitative estimate of drug-likeness (QED) is 0.385. The van der Waals surface area contributed by atoms with Gasteiger partial charge in [-0.25, -0.2) is 0 Å². The summed E-state index contributed by atoms with van der Waals surface area (Å²) in [6, 6.07) is 21.7. The van der Waals surface area contributed by atoms with Crippen LogP contribution in [0.15, 0.2) is 48.5 Å². The van der Waals surface area contributed by atoms with Gasteiger partial charge in [0.2, 0.25) is 0 Å². The summed E-state index contributed by atoms with van der Waals surface area (Å²) in [5.74, 6) is 0. The molecule has 1 N–H and O–H groups in total. The molecular weight excluding hydrogens is 172 g/mol. The van der Waals surface area contributed by atoms with Crippen molar-refractivity contribution in [3.63, 3.8) is 0 Å². The van der Waals surface area contributed by atoms with E-state index in [-0.39, 0.29) is 37.7 Å². The predicted molar refractivity (Wildman–Crippen MR) is 53.8 cm³/mol. The molecule has 64 valence electrons. The normalized spacial score (nSPS) is 8.27. The average molecular weight is 181 g/mol. The number of anilines is 2. The summed E-state index contributed by atoms with van der Waals surface area (Å²) in [5, 5.41) is 3.19. The fourth-order valence-corrected chi connectivity index (χ4v) is 1.09. The molecule has 15 heavy (non-hydrogen) atoms. The molecule has 0 saturated carbocycles. The molecule has 0 atom stereocenters. The molecule has 0 bridgehead atoms. The van der Waals surface area contributed by atoms with Crippen molar-refractivity contribution in [2.75, 3.05) is 5.32 Å². The molecule has 0 unspecified atom stereocenters. The van der Waals surface area contributed by atoms with Crippen molar-refractivity contribution in [3.8, 4) is 0 Å². The van der Waals surface area contributed by atoms with E-state index in [1.807, 2.05) is 48.5 Å². The van der Waals surface area contributed by atoms with Gasteiger partial charge in [-0.3, -0.25) is 0 Å². The van der Waals surface area contributed by atoms with Gasteiger partial charge in [0, 0.05) is 0 Å². The van der Waals surface area contributed by atoms with Crippen molar-refractivity contribution in [1.82, 2.24) is 0 Å². The minimum Gasteiger partial charge on any atom is -0.401 e. The topological polar surface area (TPSA) is 12.0 Å². The second-order valence-corrected chi connectivity index (χ2v) is 2.68. The van der Waals surface area contributed by atoms with Gasteiger partial charge in [-0.05, 0) is 0 Å². The Hall–Kier alpha value is -0.565. The number of nitrogens with one attached hydrogen (secondary N) is 1. The molecule has 0 radical (unpaired) electrons. The Morgan fingerprint density at radius 2 is 1.20 bits per heavy atom. The molecule has 0 aliphatic heterocycles. The number of hydrogen-bond donors (Lipinski definition) is 1. The summed E-state index contributed by atoms with van der Waals surface area (Å²) in [6.45, 7) is 0. The molecule has 0 aromatic heterocycles. The Kier molecular flexibility index (Phi) is 7.40. The number of hydrogen-bond acceptors (Lipinski definition) is 1. The van der Waals surface area contributed by atoms with E-state index in [4.69, 9.17) is 0 Å². The molecule has 3 heteroatoms. The van der Waals surface area contributed by atoms with E-state index in [0.717, 1.165) is 11.4 Å². The first-order valence-electron chi connectivity index (χ1n) is 4.15. The van der Waals surface area contributed by atoms with Crippen LogP contribution in [0, 0.1) is 12.1 Å². The van der Waals surface area contributed by atoms with Crippen LogP contribution in [0.25, 0.3) is 0 Å². The molecule has 2 rings (SSSR count). The minimum absolute atomic E-state index is 0. The standard InChI is InChI=1S/C12H9N.2Li/c1-3-7-11(8-4-1)13-12-9-5-2-6-10-12;;/h1-7,9,13H;;/q-2;2*+1. The van der Waals surface area contributed by atoms with Crippen LogP contribution in [0.2, 0.25) is 0 Å². The zero-order chi connectivity index (χ0) is 8.93. The average Bonchev–Trinajstić information content (AvgIpc) is 2.21. The van der Waals surface area contributed by atoms with Crippen LogP contribution in [0.5, 0.6) is 0 Å². The second-order valence-electron chi connectivity index (χ2n) is 2.68. The number of para-hydroxylation sites is 2. The third-order valence-electron chi connectivity index (χ3n) is 1.69. The first-order chi connectivity index (χ1) is 6.45. The van der Waals surface area contributed by atoms with Crippen LogP contribution in [0.3, 0.4) is 0 Å². The molecule has 0 spiro atoms. The van der Waals surface area contributed by atoms with E-state index in [1.165, 1.54) is 0 Å². The maximum atomic E-state index is 3.19. The van der Waals surface area contributed by atoms with Crippen LogP contribution in [-0.4, -0.2) is 0 Å². The second kappa shape index (κ2) is 7.69. The molecule has 0 fully saturated rings. The molecule has 2 aromatic carbocycles. The van der Waals surface area contributed by atoms with E-state index < -0.39 is 0 Å². The Morgan fingerprint density at radius 1 is 0.733 bits per heavy atom. The van der Waals surface area contributed by atoms with Crippen LogP contribution in [0.1, 0.15) is 0 Å². The zero-order valence-corrected chi connectivity index (χ0v) is 9.12. The van der Waals surface area contributed by atoms with Crippen molar-refractivity contribution in [1.29, 1.82) is 0 Å². The van der Waals surface area contributed by atoms with E-state index in [0.29, 0.717) is 0 Å². The van der Waals surface area contributed by atoms with Gasteiger partial charge in [-0.15, -0.1) is 12.1 Å². The van der Waals surface area contributed by atoms with Crippen molar-refractivity contribution in [3.05, 3.63) is 60.7 Å². The van der Waals surface area contributed by atoms with Gasteiger partial charge in [-0.1, -0.05) is 11.4 Å². The van der Waals surface area contributed by atoms with Gasteiger partial charge in [0.25, 0.3) is 0 Å². The van der Waals surface area contributed by atoms with E-state index in [2.05, 4.69) is 17.4 Å². The van der Waals surface area contributed by atoms with Crippen LogP contribution in [0.4, 0.5) is 11.4 Å². The van der Waals surface area contributed by atoms with Gasteiger partial charge < -0.3 is 5.32 Å². The predicted octanol–water partition coefficient (Wildman–Crippen LogP) is -2.96. The monoisotopic (exact) mass is 181 g/mol. The van der Waals surface area contributed by atoms with E-state index in [1.54, 1.807) is 0 Å². The van der Waals surface area contributed by atoms with E-state index in [9.17, 15) is 0 Å². The third-order valence-corrected chi connectivity index (χ3v) is 1.69. The number of rotatable bonds is 2. The fraction of sp³-hybridized carbons (Fsp3) is 0. The summed E-state index contributed by atoms with van der Waals surface area (Å²) < 4.78 is 0. The Labute approximate surface area is 115 Å². The van der Waals surface area contributed by atoms with Gasteiger partial charge in [-0.2, -0.15) is 48.5 Å². The summed E-state index contributed by atoms with van der Waals surface area (Å²) in [4.78, 5) is 0. The van der Waals surface area contributed by atoms with Gasteiger partial charge in [0.15, 0.2) is 0 Å². The van der Waals surface area contributed by atoms with Crippen molar-refractivity contribution < 1.29 is 37.7 Å². The molecule has 0 amide bonds. The first-order valence-corrected chi connectivity index (χ1v) is 4.15. The van der Waals surface area contributed by atoms with Gasteiger partial charge in [0.1, 0.15) is 0 Å². The number of benzene rings is 2. The summed E-state index contributed by atoms with van der Waals surface area (Å²) in [7, 11) is 0. The van der Waals surface area contributed by atoms with Gasteiger partial charge in [0.05, 0.1) is 0 Å². The summed E-state index contributed by atoms with van der Waals surface area (Å²) >= 11 is 0. The smallest absolute Gasteiger partial charge is 0.401 e. The first kappa shape index (κ1) is 14.4. The van der Waals surface area contributed by atoms with Crippen molar-refractivity contribution >= 4 is 11.4 Å². The summed E-state index contributed by atoms with van der Waals surface area (Å²) in [5.41, 5.74) is 1.93. The molecule has 1 nitrogen and oxygen atoms in total. The fourth-order valence-electron chi connectivity index (χ4n) is 1.09. The van der Waals surface area contributed by atoms with Gasteiger partial charge >= 0.3 is 37.7 Å². The Morgan fingerprint density at radius 3 is 1.53 bits per heavy atom. The molecule has 0 aliphatic carbocycles. The summed E-state index contributed by atoms with van der Waals surface area (Å²) in [6.07, 6.45) is 0. The molecule has 0 heterocycles. The zero-order valence-electron chi connectivity index (χ0n) is 9.12. The molecule has 0 saturated heterocycles. The van der Waals surface area contributed by atoms with Crippen LogP contribution >= 0.6 is 0 Å². The van der Waals surface area contributed by atoms with Crippen molar-refractivity contribution in [2.24, 2.45) is 0 Å². The minimum atomic E-state index is 0. The van der Waals surface area contributed by atoms with E-state index >= 15 is 0 Å². The molecule has 0 aliphatic rings. The molecular formula is C12H9Li2N. The van der Waals surface area contributed by atoms with Crippen LogP contribution in [-0.2, 0) is 0 Å². The maximum absolute atomic E-state index is 3.19. The Balaban J connectivity index is 0.000000980. The maximum Gasteiger partial charge on any atom is 1.00 e. The molecule has 2 aromatic rings. The SMILES string of the molecule is [Li+].[Li+].[c-]1ccccc1Nc1[c-]cccc1. The Bertz CT molecular complexity index is 324. The van der Waals surface area contributed by atoms with Crippen LogP contribution < -0.4 is 43.0 Å². The third kappa shape index (κ3) is 4.65. The van der Waals surface area contributed by atoms with Crippen molar-refractivity contribution in [2.45, 2.75) is 0 Å².